The average molecular weight is 319 g/mol. The van der Waals surface area contributed by atoms with Gasteiger partial charge in [-0.25, -0.2) is 0 Å². The Morgan fingerprint density at radius 1 is 1.09 bits per heavy atom. The number of nitrogens with one attached hydrogen (secondary N) is 1. The number of amides is 2. The van der Waals surface area contributed by atoms with Gasteiger partial charge in [0.1, 0.15) is 0 Å². The minimum Gasteiger partial charge on any atom is -0.385 e. The summed E-state index contributed by atoms with van der Waals surface area (Å²) in [4.78, 5) is 28.5. The van der Waals surface area contributed by atoms with E-state index in [1.807, 2.05) is 4.90 Å². The highest BCUT2D eigenvalue weighted by atomic mass is 16.5. The van der Waals surface area contributed by atoms with E-state index in [0.717, 1.165) is 32.6 Å². The van der Waals surface area contributed by atoms with Gasteiger partial charge in [0.25, 0.3) is 11.8 Å². The number of piperazine rings is 1. The molecule has 1 aromatic carbocycles. The lowest BCUT2D eigenvalue weighted by Gasteiger charge is -2.32. The van der Waals surface area contributed by atoms with Crippen molar-refractivity contribution < 1.29 is 14.3 Å². The molecule has 126 valence electrons. The van der Waals surface area contributed by atoms with Crippen LogP contribution >= 0.6 is 0 Å². The van der Waals surface area contributed by atoms with Crippen molar-refractivity contribution >= 4 is 11.8 Å². The van der Waals surface area contributed by atoms with Gasteiger partial charge in [0, 0.05) is 57.6 Å². The SMILES string of the molecule is COCCCNC(=O)c1ccc(C(=O)N2CCN(C)CC2)cc1. The molecule has 1 heterocycles. The Labute approximate surface area is 137 Å². The van der Waals surface area contributed by atoms with Crippen molar-refractivity contribution in [2.75, 3.05) is 53.5 Å². The lowest BCUT2D eigenvalue weighted by atomic mass is 10.1. The minimum absolute atomic E-state index is 0.0325. The summed E-state index contributed by atoms with van der Waals surface area (Å²) in [6.07, 6.45) is 0.780. The first-order chi connectivity index (χ1) is 11.1. The quantitative estimate of drug-likeness (QED) is 0.790. The third-order valence-electron chi connectivity index (χ3n) is 4.00. The lowest BCUT2D eigenvalue weighted by molar-refractivity contribution is 0.0663. The predicted octanol–water partition coefficient (Wildman–Crippen LogP) is 0.841. The van der Waals surface area contributed by atoms with E-state index in [2.05, 4.69) is 17.3 Å². The molecule has 0 unspecified atom stereocenters. The van der Waals surface area contributed by atoms with Crippen LogP contribution in [0.15, 0.2) is 24.3 Å². The first-order valence-electron chi connectivity index (χ1n) is 7.97. The summed E-state index contributed by atoms with van der Waals surface area (Å²) in [6, 6.07) is 6.86. The zero-order valence-electron chi connectivity index (χ0n) is 13.9. The maximum Gasteiger partial charge on any atom is 0.253 e. The number of carbonyl (C=O) groups is 2. The van der Waals surface area contributed by atoms with Crippen molar-refractivity contribution in [1.29, 1.82) is 0 Å². The molecule has 0 radical (unpaired) electrons. The molecule has 1 aromatic rings. The van der Waals surface area contributed by atoms with Gasteiger partial charge in [-0.1, -0.05) is 0 Å². The maximum absolute atomic E-state index is 12.4. The lowest BCUT2D eigenvalue weighted by Crippen LogP contribution is -2.47. The van der Waals surface area contributed by atoms with Crippen LogP contribution in [-0.2, 0) is 4.74 Å². The number of hydrogen-bond acceptors (Lipinski definition) is 4. The second-order valence-corrected chi connectivity index (χ2v) is 5.78. The summed E-state index contributed by atoms with van der Waals surface area (Å²) >= 11 is 0. The van der Waals surface area contributed by atoms with Crippen LogP contribution in [0.25, 0.3) is 0 Å². The van der Waals surface area contributed by atoms with E-state index in [1.165, 1.54) is 0 Å². The van der Waals surface area contributed by atoms with Crippen LogP contribution in [-0.4, -0.2) is 75.1 Å². The predicted molar refractivity (Wildman–Crippen MR) is 88.7 cm³/mol. The topological polar surface area (TPSA) is 61.9 Å². The number of ether oxygens (including phenoxy) is 1. The third kappa shape index (κ3) is 5.04. The molecule has 0 aliphatic carbocycles. The Morgan fingerprint density at radius 3 is 2.30 bits per heavy atom. The molecule has 0 atom stereocenters. The molecule has 0 bridgehead atoms. The molecular weight excluding hydrogens is 294 g/mol. The molecule has 2 rings (SSSR count). The molecule has 0 saturated carbocycles. The van der Waals surface area contributed by atoms with Crippen molar-refractivity contribution in [2.45, 2.75) is 6.42 Å². The van der Waals surface area contributed by atoms with Crippen LogP contribution < -0.4 is 5.32 Å². The van der Waals surface area contributed by atoms with Gasteiger partial charge in [-0.15, -0.1) is 0 Å². The first kappa shape index (κ1) is 17.4. The summed E-state index contributed by atoms with van der Waals surface area (Å²) in [5.41, 5.74) is 1.20. The molecule has 1 saturated heterocycles. The van der Waals surface area contributed by atoms with Gasteiger partial charge >= 0.3 is 0 Å². The van der Waals surface area contributed by atoms with E-state index in [0.29, 0.717) is 24.3 Å². The fourth-order valence-corrected chi connectivity index (χ4v) is 2.48. The van der Waals surface area contributed by atoms with Gasteiger partial charge in [-0.05, 0) is 37.7 Å². The van der Waals surface area contributed by atoms with Crippen LogP contribution in [0.3, 0.4) is 0 Å². The second-order valence-electron chi connectivity index (χ2n) is 5.78. The number of rotatable bonds is 6. The van der Waals surface area contributed by atoms with E-state index in [1.54, 1.807) is 31.4 Å². The molecule has 1 fully saturated rings. The van der Waals surface area contributed by atoms with E-state index < -0.39 is 0 Å². The molecule has 6 heteroatoms. The largest absolute Gasteiger partial charge is 0.385 e. The van der Waals surface area contributed by atoms with Gasteiger partial charge in [-0.2, -0.15) is 0 Å². The highest BCUT2D eigenvalue weighted by Crippen LogP contribution is 2.10. The average Bonchev–Trinajstić information content (AvgIpc) is 2.59. The summed E-state index contributed by atoms with van der Waals surface area (Å²) < 4.78 is 4.94. The smallest absolute Gasteiger partial charge is 0.253 e. The minimum atomic E-state index is -0.125. The summed E-state index contributed by atoms with van der Waals surface area (Å²) in [7, 11) is 3.69. The molecule has 1 aliphatic heterocycles. The third-order valence-corrected chi connectivity index (χ3v) is 4.00. The zero-order valence-corrected chi connectivity index (χ0v) is 13.9. The standard InChI is InChI=1S/C17H25N3O3/c1-19-9-11-20(12-10-19)17(22)15-6-4-14(5-7-15)16(21)18-8-3-13-23-2/h4-7H,3,8-13H2,1-2H3,(H,18,21). The first-order valence-corrected chi connectivity index (χ1v) is 7.97. The molecule has 1 aliphatic rings. The van der Waals surface area contributed by atoms with Gasteiger partial charge in [0.05, 0.1) is 0 Å². The van der Waals surface area contributed by atoms with Gasteiger partial charge in [0.15, 0.2) is 0 Å². The Bertz CT molecular complexity index is 522. The zero-order chi connectivity index (χ0) is 16.7. The molecule has 2 amide bonds. The van der Waals surface area contributed by atoms with E-state index in [4.69, 9.17) is 4.74 Å². The Kier molecular flexibility index (Phi) is 6.55. The van der Waals surface area contributed by atoms with Gasteiger partial charge in [-0.3, -0.25) is 9.59 Å². The van der Waals surface area contributed by atoms with Gasteiger partial charge < -0.3 is 19.9 Å². The van der Waals surface area contributed by atoms with Crippen molar-refractivity contribution in [3.8, 4) is 0 Å². The molecule has 0 aromatic heterocycles. The van der Waals surface area contributed by atoms with Crippen LogP contribution in [0, 0.1) is 0 Å². The van der Waals surface area contributed by atoms with Crippen LogP contribution in [0.1, 0.15) is 27.1 Å². The molecule has 6 nitrogen and oxygen atoms in total. The van der Waals surface area contributed by atoms with Crippen molar-refractivity contribution in [3.63, 3.8) is 0 Å². The van der Waals surface area contributed by atoms with E-state index >= 15 is 0 Å². The molecule has 1 N–H and O–H groups in total. The number of nitrogens with zero attached hydrogens (tertiary/aromatic N) is 2. The Morgan fingerprint density at radius 2 is 1.70 bits per heavy atom. The molecule has 23 heavy (non-hydrogen) atoms. The maximum atomic E-state index is 12.4. The highest BCUT2D eigenvalue weighted by Gasteiger charge is 2.20. The normalized spacial score (nSPS) is 15.5. The fraction of sp³-hybridized carbons (Fsp3) is 0.529. The number of carbonyl (C=O) groups excluding carboxylic acids is 2. The number of hydrogen-bond donors (Lipinski definition) is 1. The van der Waals surface area contributed by atoms with Crippen molar-refractivity contribution in [2.24, 2.45) is 0 Å². The summed E-state index contributed by atoms with van der Waals surface area (Å²) in [6.45, 7) is 4.49. The Hall–Kier alpha value is -1.92. The monoisotopic (exact) mass is 319 g/mol. The van der Waals surface area contributed by atoms with Crippen LogP contribution in [0.4, 0.5) is 0 Å². The number of benzene rings is 1. The van der Waals surface area contributed by atoms with E-state index in [-0.39, 0.29) is 11.8 Å². The van der Waals surface area contributed by atoms with Gasteiger partial charge in [0.2, 0.25) is 0 Å². The van der Waals surface area contributed by atoms with E-state index in [9.17, 15) is 9.59 Å². The summed E-state index contributed by atoms with van der Waals surface area (Å²) in [5, 5.41) is 2.83. The van der Waals surface area contributed by atoms with Crippen LogP contribution in [0.2, 0.25) is 0 Å². The Balaban J connectivity index is 1.88. The van der Waals surface area contributed by atoms with Crippen molar-refractivity contribution in [3.05, 3.63) is 35.4 Å². The fourth-order valence-electron chi connectivity index (χ4n) is 2.48. The summed E-state index contributed by atoms with van der Waals surface area (Å²) in [5.74, 6) is -0.0927. The number of methoxy groups -OCH3 is 1. The molecule has 0 spiro atoms. The number of likely N-dealkylation sites (N-methyl/N-ethyl adjacent to an activating group) is 1. The second kappa shape index (κ2) is 8.64. The van der Waals surface area contributed by atoms with Crippen molar-refractivity contribution in [1.82, 2.24) is 15.1 Å². The highest BCUT2D eigenvalue weighted by molar-refractivity contribution is 5.97. The molecular formula is C17H25N3O3. The van der Waals surface area contributed by atoms with Crippen LogP contribution in [0.5, 0.6) is 0 Å².